The minimum absolute atomic E-state index is 0.00624. The number of halogens is 1. The van der Waals surface area contributed by atoms with E-state index in [0.717, 1.165) is 5.56 Å². The van der Waals surface area contributed by atoms with Crippen LogP contribution in [0.4, 0.5) is 0 Å². The first-order valence-corrected chi connectivity index (χ1v) is 8.15. The Hall–Kier alpha value is -1.36. The second-order valence-corrected chi connectivity index (χ2v) is 6.87. The molecule has 0 spiro atoms. The van der Waals surface area contributed by atoms with E-state index in [0.29, 0.717) is 35.8 Å². The standard InChI is InChI=1S/C16H16ClNO2S/c17-14-10-12(11-21-14)15(19)18-8-6-16(20,7-9-18)13-4-2-1-3-5-13/h1-5,10-11,20H,6-9H2. The molecule has 1 saturated heterocycles. The Labute approximate surface area is 132 Å². The molecule has 1 amide bonds. The summed E-state index contributed by atoms with van der Waals surface area (Å²) >= 11 is 7.24. The van der Waals surface area contributed by atoms with Gasteiger partial charge in [0.25, 0.3) is 5.91 Å². The van der Waals surface area contributed by atoms with Crippen LogP contribution < -0.4 is 0 Å². The highest BCUT2D eigenvalue weighted by molar-refractivity contribution is 7.14. The first-order valence-electron chi connectivity index (χ1n) is 6.90. The van der Waals surface area contributed by atoms with Gasteiger partial charge in [0.2, 0.25) is 0 Å². The maximum atomic E-state index is 12.4. The molecule has 0 bridgehead atoms. The zero-order chi connectivity index (χ0) is 14.9. The first kappa shape index (κ1) is 14.6. The summed E-state index contributed by atoms with van der Waals surface area (Å²) in [4.78, 5) is 14.1. The third-order valence-corrected chi connectivity index (χ3v) is 5.09. The molecule has 1 aliphatic rings. The van der Waals surface area contributed by atoms with Gasteiger partial charge in [-0.15, -0.1) is 11.3 Å². The average Bonchev–Trinajstić information content (AvgIpc) is 2.95. The molecule has 1 aromatic heterocycles. The van der Waals surface area contributed by atoms with Crippen LogP contribution >= 0.6 is 22.9 Å². The number of amides is 1. The molecule has 21 heavy (non-hydrogen) atoms. The van der Waals surface area contributed by atoms with Crippen LogP contribution in [-0.2, 0) is 5.60 Å². The van der Waals surface area contributed by atoms with Crippen molar-refractivity contribution in [2.75, 3.05) is 13.1 Å². The van der Waals surface area contributed by atoms with Gasteiger partial charge < -0.3 is 10.0 Å². The Kier molecular flexibility index (Phi) is 4.02. The van der Waals surface area contributed by atoms with E-state index in [2.05, 4.69) is 0 Å². The number of piperidine rings is 1. The highest BCUT2D eigenvalue weighted by Crippen LogP contribution is 2.33. The van der Waals surface area contributed by atoms with Gasteiger partial charge in [-0.2, -0.15) is 0 Å². The number of benzene rings is 1. The molecule has 0 unspecified atom stereocenters. The Bertz CT molecular complexity index is 633. The van der Waals surface area contributed by atoms with E-state index in [1.165, 1.54) is 11.3 Å². The maximum Gasteiger partial charge on any atom is 0.254 e. The molecule has 1 fully saturated rings. The fourth-order valence-corrected chi connectivity index (χ4v) is 3.58. The Balaban J connectivity index is 1.69. The van der Waals surface area contributed by atoms with Crippen LogP contribution in [0, 0.1) is 0 Å². The predicted molar refractivity (Wildman–Crippen MR) is 84.8 cm³/mol. The number of hydrogen-bond acceptors (Lipinski definition) is 3. The second-order valence-electron chi connectivity index (χ2n) is 5.33. The molecule has 3 nitrogen and oxygen atoms in total. The summed E-state index contributed by atoms with van der Waals surface area (Å²) in [6.07, 6.45) is 1.11. The number of thiophene rings is 1. The molecular formula is C16H16ClNO2S. The second kappa shape index (κ2) is 5.79. The molecule has 0 saturated carbocycles. The number of aliphatic hydroxyl groups is 1. The van der Waals surface area contributed by atoms with Crippen molar-refractivity contribution in [2.24, 2.45) is 0 Å². The van der Waals surface area contributed by atoms with Gasteiger partial charge in [-0.3, -0.25) is 4.79 Å². The third kappa shape index (κ3) is 2.98. The topological polar surface area (TPSA) is 40.5 Å². The van der Waals surface area contributed by atoms with Gasteiger partial charge in [0, 0.05) is 18.5 Å². The number of likely N-dealkylation sites (tertiary alicyclic amines) is 1. The summed E-state index contributed by atoms with van der Waals surface area (Å²) in [5.41, 5.74) is 0.732. The monoisotopic (exact) mass is 321 g/mol. The first-order chi connectivity index (χ1) is 10.1. The number of nitrogens with zero attached hydrogens (tertiary/aromatic N) is 1. The summed E-state index contributed by atoms with van der Waals surface area (Å²) in [6.45, 7) is 1.11. The number of carbonyl (C=O) groups is 1. The molecule has 0 atom stereocenters. The Morgan fingerprint density at radius 3 is 2.48 bits per heavy atom. The molecule has 2 aromatic rings. The Morgan fingerprint density at radius 1 is 1.24 bits per heavy atom. The molecular weight excluding hydrogens is 306 g/mol. The van der Waals surface area contributed by atoms with Gasteiger partial charge in [-0.1, -0.05) is 41.9 Å². The minimum Gasteiger partial charge on any atom is -0.385 e. The zero-order valence-corrected chi connectivity index (χ0v) is 13.0. The Morgan fingerprint density at radius 2 is 1.90 bits per heavy atom. The van der Waals surface area contributed by atoms with Crippen molar-refractivity contribution in [2.45, 2.75) is 18.4 Å². The molecule has 1 aliphatic heterocycles. The van der Waals surface area contributed by atoms with E-state index < -0.39 is 5.60 Å². The van der Waals surface area contributed by atoms with E-state index in [1.807, 2.05) is 30.3 Å². The van der Waals surface area contributed by atoms with Crippen molar-refractivity contribution < 1.29 is 9.90 Å². The highest BCUT2D eigenvalue weighted by atomic mass is 35.5. The van der Waals surface area contributed by atoms with Crippen LogP contribution in [0.15, 0.2) is 41.8 Å². The van der Waals surface area contributed by atoms with E-state index in [4.69, 9.17) is 11.6 Å². The highest BCUT2D eigenvalue weighted by Gasteiger charge is 2.35. The number of rotatable bonds is 2. The average molecular weight is 322 g/mol. The van der Waals surface area contributed by atoms with Gasteiger partial charge >= 0.3 is 0 Å². The van der Waals surface area contributed by atoms with Crippen LogP contribution in [-0.4, -0.2) is 29.0 Å². The predicted octanol–water partition coefficient (Wildman–Crippen LogP) is 3.53. The minimum atomic E-state index is -0.829. The lowest BCUT2D eigenvalue weighted by atomic mass is 9.84. The zero-order valence-electron chi connectivity index (χ0n) is 11.5. The molecule has 1 aromatic carbocycles. The van der Waals surface area contributed by atoms with Crippen LogP contribution in [0.5, 0.6) is 0 Å². The molecule has 3 rings (SSSR count). The summed E-state index contributed by atoms with van der Waals surface area (Å²) in [5.74, 6) is -0.00624. The van der Waals surface area contributed by atoms with Gasteiger partial charge in [-0.25, -0.2) is 0 Å². The van der Waals surface area contributed by atoms with Crippen LogP contribution in [0.1, 0.15) is 28.8 Å². The molecule has 1 N–H and O–H groups in total. The maximum absolute atomic E-state index is 12.4. The summed E-state index contributed by atoms with van der Waals surface area (Å²) in [7, 11) is 0. The van der Waals surface area contributed by atoms with Crippen LogP contribution in [0.25, 0.3) is 0 Å². The lowest BCUT2D eigenvalue weighted by Crippen LogP contribution is -2.45. The molecule has 0 aliphatic carbocycles. The summed E-state index contributed by atoms with van der Waals surface area (Å²) in [6, 6.07) is 11.4. The number of carbonyl (C=O) groups excluding carboxylic acids is 1. The van der Waals surface area contributed by atoms with E-state index in [1.54, 1.807) is 16.3 Å². The lowest BCUT2D eigenvalue weighted by molar-refractivity contribution is -0.0211. The van der Waals surface area contributed by atoms with Crippen molar-refractivity contribution in [3.8, 4) is 0 Å². The third-order valence-electron chi connectivity index (χ3n) is 4.00. The van der Waals surface area contributed by atoms with Gasteiger partial charge in [0.15, 0.2) is 0 Å². The van der Waals surface area contributed by atoms with Gasteiger partial charge in [-0.05, 0) is 24.5 Å². The quantitative estimate of drug-likeness (QED) is 0.919. The van der Waals surface area contributed by atoms with E-state index in [9.17, 15) is 9.90 Å². The summed E-state index contributed by atoms with van der Waals surface area (Å²) < 4.78 is 0.621. The smallest absolute Gasteiger partial charge is 0.254 e. The largest absolute Gasteiger partial charge is 0.385 e. The molecule has 2 heterocycles. The SMILES string of the molecule is O=C(c1csc(Cl)c1)N1CCC(O)(c2ccccc2)CC1. The molecule has 5 heteroatoms. The lowest BCUT2D eigenvalue weighted by Gasteiger charge is -2.38. The fraction of sp³-hybridized carbons (Fsp3) is 0.312. The molecule has 110 valence electrons. The molecule has 0 radical (unpaired) electrons. The summed E-state index contributed by atoms with van der Waals surface area (Å²) in [5, 5.41) is 12.5. The van der Waals surface area contributed by atoms with Crippen LogP contribution in [0.2, 0.25) is 4.34 Å². The van der Waals surface area contributed by atoms with Crippen molar-refractivity contribution in [1.82, 2.24) is 4.90 Å². The fourth-order valence-electron chi connectivity index (χ4n) is 2.72. The van der Waals surface area contributed by atoms with E-state index >= 15 is 0 Å². The van der Waals surface area contributed by atoms with Gasteiger partial charge in [0.1, 0.15) is 0 Å². The number of hydrogen-bond donors (Lipinski definition) is 1. The van der Waals surface area contributed by atoms with E-state index in [-0.39, 0.29) is 5.91 Å². The van der Waals surface area contributed by atoms with Crippen molar-refractivity contribution in [3.05, 3.63) is 57.2 Å². The van der Waals surface area contributed by atoms with Crippen molar-refractivity contribution >= 4 is 28.8 Å². The van der Waals surface area contributed by atoms with Crippen molar-refractivity contribution in [3.63, 3.8) is 0 Å². The van der Waals surface area contributed by atoms with Crippen LogP contribution in [0.3, 0.4) is 0 Å². The van der Waals surface area contributed by atoms with Crippen molar-refractivity contribution in [1.29, 1.82) is 0 Å². The van der Waals surface area contributed by atoms with Gasteiger partial charge in [0.05, 0.1) is 15.5 Å². The normalized spacial score (nSPS) is 17.7.